The molecule has 2 aromatic carbocycles. The molecule has 4 amide bonds. The summed E-state index contributed by atoms with van der Waals surface area (Å²) in [6, 6.07) is 6.34. The second kappa shape index (κ2) is 7.48. The van der Waals surface area contributed by atoms with Gasteiger partial charge in [-0.15, -0.1) is 0 Å². The Morgan fingerprint density at radius 1 is 1.20 bits per heavy atom. The van der Waals surface area contributed by atoms with Crippen molar-refractivity contribution in [3.63, 3.8) is 0 Å². The number of alkyl halides is 3. The Hall–Kier alpha value is -3.34. The lowest BCUT2D eigenvalue weighted by Crippen LogP contribution is -2.69. The number of ether oxygens (including phenoxy) is 1. The molecule has 0 aliphatic carbocycles. The molecule has 1 atom stereocenters. The quantitative estimate of drug-likeness (QED) is 0.559. The van der Waals surface area contributed by atoms with Crippen molar-refractivity contribution in [1.29, 1.82) is 0 Å². The topological polar surface area (TPSA) is 87.7 Å². The number of nitrogens with one attached hydrogen (secondary N) is 2. The zero-order valence-electron chi connectivity index (χ0n) is 15.0. The zero-order valence-corrected chi connectivity index (χ0v) is 15.8. The zero-order chi connectivity index (χ0) is 22.3. The minimum atomic E-state index is -5.47. The van der Waals surface area contributed by atoms with Crippen LogP contribution in [-0.2, 0) is 4.79 Å². The number of benzene rings is 2. The number of carbonyl (C=O) groups excluding carboxylic acids is 3. The van der Waals surface area contributed by atoms with Crippen LogP contribution >= 0.6 is 11.6 Å². The van der Waals surface area contributed by atoms with E-state index in [4.69, 9.17) is 16.3 Å². The third-order valence-electron chi connectivity index (χ3n) is 4.25. The van der Waals surface area contributed by atoms with Gasteiger partial charge in [-0.2, -0.15) is 13.2 Å². The van der Waals surface area contributed by atoms with Crippen LogP contribution in [-0.4, -0.2) is 36.8 Å². The third-order valence-corrected chi connectivity index (χ3v) is 4.48. The van der Waals surface area contributed by atoms with Crippen LogP contribution in [0.5, 0.6) is 5.75 Å². The maximum absolute atomic E-state index is 13.9. The van der Waals surface area contributed by atoms with Gasteiger partial charge in [0.05, 0.1) is 18.4 Å². The lowest BCUT2D eigenvalue weighted by Gasteiger charge is -2.30. The van der Waals surface area contributed by atoms with E-state index >= 15 is 0 Å². The maximum Gasteiger partial charge on any atom is 0.440 e. The number of anilines is 1. The fraction of sp³-hybridized carbons (Fsp3) is 0.167. The predicted octanol–water partition coefficient (Wildman–Crippen LogP) is 3.23. The normalized spacial score (nSPS) is 18.9. The molecule has 1 saturated heterocycles. The Bertz CT molecular complexity index is 1050. The van der Waals surface area contributed by atoms with Crippen LogP contribution in [0.2, 0.25) is 5.02 Å². The molecular formula is C18H12ClF4N3O4. The highest BCUT2D eigenvalue weighted by atomic mass is 35.5. The summed E-state index contributed by atoms with van der Waals surface area (Å²) in [4.78, 5) is 37.7. The Kier molecular flexibility index (Phi) is 5.33. The highest BCUT2D eigenvalue weighted by Crippen LogP contribution is 2.39. The van der Waals surface area contributed by atoms with Crippen LogP contribution in [0, 0.1) is 5.82 Å². The maximum atomic E-state index is 13.9. The summed E-state index contributed by atoms with van der Waals surface area (Å²) in [6.07, 6.45) is -5.47. The average molecular weight is 446 g/mol. The molecule has 2 aromatic rings. The van der Waals surface area contributed by atoms with E-state index < -0.39 is 41.1 Å². The third kappa shape index (κ3) is 3.41. The van der Waals surface area contributed by atoms with Crippen LogP contribution in [0.25, 0.3) is 0 Å². The number of urea groups is 1. The molecule has 0 spiro atoms. The van der Waals surface area contributed by atoms with Crippen LogP contribution in [0.15, 0.2) is 42.5 Å². The first-order chi connectivity index (χ1) is 14.0. The van der Waals surface area contributed by atoms with Crippen molar-refractivity contribution >= 4 is 35.1 Å². The summed E-state index contributed by atoms with van der Waals surface area (Å²) in [6.45, 7) is 0. The molecule has 0 unspecified atom stereocenters. The van der Waals surface area contributed by atoms with E-state index in [2.05, 4.69) is 0 Å². The molecule has 2 N–H and O–H groups in total. The van der Waals surface area contributed by atoms with E-state index in [1.165, 1.54) is 42.0 Å². The molecule has 1 fully saturated rings. The van der Waals surface area contributed by atoms with E-state index in [1.807, 2.05) is 0 Å². The first-order valence-corrected chi connectivity index (χ1v) is 8.53. The Morgan fingerprint density at radius 3 is 2.47 bits per heavy atom. The smallest absolute Gasteiger partial charge is 0.440 e. The molecule has 3 rings (SSSR count). The molecule has 1 aliphatic heterocycles. The summed E-state index contributed by atoms with van der Waals surface area (Å²) < 4.78 is 60.6. The minimum absolute atomic E-state index is 0.00583. The van der Waals surface area contributed by atoms with E-state index in [9.17, 15) is 31.9 Å². The fourth-order valence-electron chi connectivity index (χ4n) is 2.82. The molecule has 158 valence electrons. The summed E-state index contributed by atoms with van der Waals surface area (Å²) in [5, 5.41) is 2.88. The van der Waals surface area contributed by atoms with Crippen molar-refractivity contribution in [1.82, 2.24) is 10.6 Å². The van der Waals surface area contributed by atoms with Gasteiger partial charge in [0.2, 0.25) is 0 Å². The Morgan fingerprint density at radius 2 is 1.87 bits per heavy atom. The molecule has 0 aromatic heterocycles. The second-order valence-corrected chi connectivity index (χ2v) is 6.51. The molecule has 30 heavy (non-hydrogen) atoms. The Labute approximate surface area is 171 Å². The number of methoxy groups -OCH3 is 1. The predicted molar refractivity (Wildman–Crippen MR) is 96.7 cm³/mol. The number of halogens is 5. The average Bonchev–Trinajstić information content (AvgIpc) is 2.92. The minimum Gasteiger partial charge on any atom is -0.495 e. The van der Waals surface area contributed by atoms with E-state index in [0.29, 0.717) is 0 Å². The molecule has 0 bridgehead atoms. The van der Waals surface area contributed by atoms with Gasteiger partial charge in [-0.1, -0.05) is 23.7 Å². The number of carbonyl (C=O) groups is 3. The van der Waals surface area contributed by atoms with Gasteiger partial charge in [-0.3, -0.25) is 14.9 Å². The van der Waals surface area contributed by atoms with E-state index in [-0.39, 0.29) is 21.4 Å². The number of hydrogen-bond donors (Lipinski definition) is 2. The lowest BCUT2D eigenvalue weighted by atomic mass is 10.1. The molecule has 12 heteroatoms. The van der Waals surface area contributed by atoms with Gasteiger partial charge in [0.15, 0.2) is 0 Å². The van der Waals surface area contributed by atoms with Crippen LogP contribution in [0.4, 0.5) is 28.0 Å². The van der Waals surface area contributed by atoms with Crippen molar-refractivity contribution < 1.29 is 36.7 Å². The summed E-state index contributed by atoms with van der Waals surface area (Å²) in [5.41, 5.74) is -4.96. The van der Waals surface area contributed by atoms with Gasteiger partial charge in [-0.05, 0) is 30.3 Å². The fourth-order valence-corrected chi connectivity index (χ4v) is 2.98. The van der Waals surface area contributed by atoms with E-state index in [1.54, 1.807) is 0 Å². The molecular weight excluding hydrogens is 434 g/mol. The van der Waals surface area contributed by atoms with Gasteiger partial charge >= 0.3 is 12.2 Å². The van der Waals surface area contributed by atoms with Crippen LogP contribution < -0.4 is 20.3 Å². The molecule has 1 aliphatic rings. The molecule has 7 nitrogen and oxygen atoms in total. The summed E-state index contributed by atoms with van der Waals surface area (Å²) in [5.74, 6) is -4.66. The number of amides is 4. The second-order valence-electron chi connectivity index (χ2n) is 6.07. The standard InChI is InChI=1S/C18H12ClF4N3O4/c1-30-13-7-6-9(19)8-12(13)26-15(28)17(18(21,22)23,25-16(26)29)24-14(27)10-4-2-3-5-11(10)20/h2-8H,1H3,(H,24,27)(H,25,29)/t17-/m1/s1. The van der Waals surface area contributed by atoms with Crippen LogP contribution in [0.3, 0.4) is 0 Å². The van der Waals surface area contributed by atoms with Gasteiger partial charge < -0.3 is 10.1 Å². The van der Waals surface area contributed by atoms with Gasteiger partial charge in [0, 0.05) is 5.02 Å². The first-order valence-electron chi connectivity index (χ1n) is 8.16. The number of imide groups is 1. The monoisotopic (exact) mass is 445 g/mol. The highest BCUT2D eigenvalue weighted by molar-refractivity contribution is 6.32. The number of hydrogen-bond acceptors (Lipinski definition) is 4. The first kappa shape index (κ1) is 21.4. The molecule has 0 saturated carbocycles. The van der Waals surface area contributed by atoms with Gasteiger partial charge in [0.1, 0.15) is 11.6 Å². The van der Waals surface area contributed by atoms with Crippen molar-refractivity contribution in [3.05, 3.63) is 58.9 Å². The van der Waals surface area contributed by atoms with E-state index in [0.717, 1.165) is 18.2 Å². The van der Waals surface area contributed by atoms with Crippen molar-refractivity contribution in [2.45, 2.75) is 11.8 Å². The largest absolute Gasteiger partial charge is 0.495 e. The SMILES string of the molecule is COc1ccc(Cl)cc1N1C(=O)N[C@@](NC(=O)c2ccccc2F)(C(F)(F)F)C1=O. The number of rotatable bonds is 4. The van der Waals surface area contributed by atoms with Gasteiger partial charge in [0.25, 0.3) is 17.5 Å². The summed E-state index contributed by atoms with van der Waals surface area (Å²) in [7, 11) is 1.17. The van der Waals surface area contributed by atoms with Gasteiger partial charge in [-0.25, -0.2) is 14.1 Å². The van der Waals surface area contributed by atoms with Crippen LogP contribution in [0.1, 0.15) is 10.4 Å². The van der Waals surface area contributed by atoms with Crippen molar-refractivity contribution in [3.8, 4) is 5.75 Å². The van der Waals surface area contributed by atoms with Crippen molar-refractivity contribution in [2.24, 2.45) is 0 Å². The molecule has 1 heterocycles. The van der Waals surface area contributed by atoms with Crippen molar-refractivity contribution in [2.75, 3.05) is 12.0 Å². The number of nitrogens with zero attached hydrogens (tertiary/aromatic N) is 1. The summed E-state index contributed by atoms with van der Waals surface area (Å²) >= 11 is 5.83. The Balaban J connectivity index is 2.08. The highest BCUT2D eigenvalue weighted by Gasteiger charge is 2.69. The molecule has 0 radical (unpaired) electrons. The lowest BCUT2D eigenvalue weighted by molar-refractivity contribution is -0.197.